The van der Waals surface area contributed by atoms with Crippen molar-refractivity contribution in [3.8, 4) is 0 Å². The molecule has 0 aliphatic carbocycles. The molecule has 1 aromatic rings. The number of carboxylic acid groups (broad SMARTS) is 1. The molecule has 16 heavy (non-hydrogen) atoms. The van der Waals surface area contributed by atoms with Crippen molar-refractivity contribution in [2.75, 3.05) is 13.2 Å². The Morgan fingerprint density at radius 2 is 2.31 bits per heavy atom. The van der Waals surface area contributed by atoms with Crippen LogP contribution in [0.4, 0.5) is 0 Å². The van der Waals surface area contributed by atoms with Crippen LogP contribution >= 0.6 is 0 Å². The standard InChI is InChI=1S/C11H16O5/c1-2-15-7-3-4-8(12)9-5-6-10(16-9)11(13)14/h5-6,8,12H,2-4,7H2,1H3,(H,13,14). The lowest BCUT2D eigenvalue weighted by Gasteiger charge is -2.07. The zero-order valence-electron chi connectivity index (χ0n) is 9.18. The molecule has 0 bridgehead atoms. The molecule has 0 aromatic carbocycles. The number of aromatic carboxylic acids is 1. The largest absolute Gasteiger partial charge is 0.475 e. The number of rotatable bonds is 7. The minimum absolute atomic E-state index is 0.154. The van der Waals surface area contributed by atoms with E-state index in [2.05, 4.69) is 0 Å². The third-order valence-corrected chi connectivity index (χ3v) is 2.14. The van der Waals surface area contributed by atoms with Gasteiger partial charge in [-0.25, -0.2) is 4.79 Å². The quantitative estimate of drug-likeness (QED) is 0.696. The summed E-state index contributed by atoms with van der Waals surface area (Å²) in [5.74, 6) is -1.000. The molecule has 0 aliphatic heterocycles. The molecule has 90 valence electrons. The maximum Gasteiger partial charge on any atom is 0.371 e. The molecule has 0 saturated heterocycles. The number of ether oxygens (including phenoxy) is 1. The number of furan rings is 1. The molecule has 1 unspecified atom stereocenters. The number of carboxylic acids is 1. The third kappa shape index (κ3) is 3.67. The summed E-state index contributed by atoms with van der Waals surface area (Å²) in [6.07, 6.45) is 0.429. The van der Waals surface area contributed by atoms with Gasteiger partial charge in [-0.3, -0.25) is 0 Å². The highest BCUT2D eigenvalue weighted by Gasteiger charge is 2.15. The fourth-order valence-electron chi connectivity index (χ4n) is 1.31. The molecule has 0 saturated carbocycles. The van der Waals surface area contributed by atoms with Gasteiger partial charge >= 0.3 is 5.97 Å². The lowest BCUT2D eigenvalue weighted by Crippen LogP contribution is -2.00. The number of hydrogen-bond donors (Lipinski definition) is 2. The normalized spacial score (nSPS) is 12.6. The zero-order valence-corrected chi connectivity index (χ0v) is 9.18. The zero-order chi connectivity index (χ0) is 12.0. The van der Waals surface area contributed by atoms with Crippen LogP contribution in [0.25, 0.3) is 0 Å². The number of hydrogen-bond acceptors (Lipinski definition) is 4. The SMILES string of the molecule is CCOCCCC(O)c1ccc(C(=O)O)o1. The van der Waals surface area contributed by atoms with E-state index in [1.54, 1.807) is 0 Å². The Bertz CT molecular complexity index is 331. The van der Waals surface area contributed by atoms with Crippen molar-refractivity contribution in [1.29, 1.82) is 0 Å². The number of carbonyl (C=O) groups is 1. The predicted molar refractivity (Wildman–Crippen MR) is 56.4 cm³/mol. The summed E-state index contributed by atoms with van der Waals surface area (Å²) in [6, 6.07) is 2.82. The van der Waals surface area contributed by atoms with Crippen molar-refractivity contribution in [3.05, 3.63) is 23.7 Å². The molecule has 0 radical (unpaired) electrons. The fraction of sp³-hybridized carbons (Fsp3) is 0.545. The number of aliphatic hydroxyl groups excluding tert-OH is 1. The minimum atomic E-state index is -1.13. The van der Waals surface area contributed by atoms with Crippen LogP contribution in [0.15, 0.2) is 16.5 Å². The summed E-state index contributed by atoms with van der Waals surface area (Å²) in [7, 11) is 0. The smallest absolute Gasteiger partial charge is 0.371 e. The van der Waals surface area contributed by atoms with E-state index in [1.165, 1.54) is 12.1 Å². The van der Waals surface area contributed by atoms with Crippen LogP contribution in [-0.2, 0) is 4.74 Å². The first-order valence-electron chi connectivity index (χ1n) is 5.24. The summed E-state index contributed by atoms with van der Waals surface area (Å²) in [6.45, 7) is 3.14. The highest BCUT2D eigenvalue weighted by atomic mass is 16.5. The first-order valence-corrected chi connectivity index (χ1v) is 5.24. The fourth-order valence-corrected chi connectivity index (χ4v) is 1.31. The second-order valence-corrected chi connectivity index (χ2v) is 3.36. The van der Waals surface area contributed by atoms with Crippen molar-refractivity contribution in [2.24, 2.45) is 0 Å². The van der Waals surface area contributed by atoms with Crippen LogP contribution in [0.1, 0.15) is 42.2 Å². The van der Waals surface area contributed by atoms with Crippen molar-refractivity contribution in [2.45, 2.75) is 25.9 Å². The maximum atomic E-state index is 10.5. The van der Waals surface area contributed by atoms with E-state index in [0.717, 1.165) is 0 Å². The van der Waals surface area contributed by atoms with Gasteiger partial charge in [-0.15, -0.1) is 0 Å². The van der Waals surface area contributed by atoms with E-state index < -0.39 is 12.1 Å². The Kier molecular flexibility index (Phi) is 5.01. The molecular weight excluding hydrogens is 212 g/mol. The van der Waals surface area contributed by atoms with Crippen LogP contribution in [0.3, 0.4) is 0 Å². The van der Waals surface area contributed by atoms with Gasteiger partial charge in [0.05, 0.1) is 0 Å². The monoisotopic (exact) mass is 228 g/mol. The molecule has 5 heteroatoms. The average molecular weight is 228 g/mol. The van der Waals surface area contributed by atoms with Gasteiger partial charge in [0.2, 0.25) is 5.76 Å². The highest BCUT2D eigenvalue weighted by molar-refractivity contribution is 5.84. The molecule has 5 nitrogen and oxygen atoms in total. The Balaban J connectivity index is 2.40. The van der Waals surface area contributed by atoms with Crippen LogP contribution < -0.4 is 0 Å². The molecule has 1 aromatic heterocycles. The first kappa shape index (κ1) is 12.7. The minimum Gasteiger partial charge on any atom is -0.475 e. The van der Waals surface area contributed by atoms with Crippen molar-refractivity contribution in [3.63, 3.8) is 0 Å². The van der Waals surface area contributed by atoms with Crippen LogP contribution in [0.2, 0.25) is 0 Å². The Morgan fingerprint density at radius 1 is 1.56 bits per heavy atom. The van der Waals surface area contributed by atoms with E-state index in [0.29, 0.717) is 26.1 Å². The number of aliphatic hydroxyl groups is 1. The molecule has 0 spiro atoms. The van der Waals surface area contributed by atoms with Crippen LogP contribution in [0, 0.1) is 0 Å². The van der Waals surface area contributed by atoms with Crippen molar-refractivity contribution < 1.29 is 24.2 Å². The van der Waals surface area contributed by atoms with Gasteiger partial charge < -0.3 is 19.4 Å². The molecule has 1 atom stereocenters. The second kappa shape index (κ2) is 6.30. The highest BCUT2D eigenvalue weighted by Crippen LogP contribution is 2.20. The van der Waals surface area contributed by atoms with E-state index in [1.807, 2.05) is 6.92 Å². The predicted octanol–water partition coefficient (Wildman–Crippen LogP) is 1.83. The van der Waals surface area contributed by atoms with Crippen molar-refractivity contribution in [1.82, 2.24) is 0 Å². The summed E-state index contributed by atoms with van der Waals surface area (Å²) < 4.78 is 10.1. The van der Waals surface area contributed by atoms with Gasteiger partial charge in [-0.2, -0.15) is 0 Å². The van der Waals surface area contributed by atoms with Crippen molar-refractivity contribution >= 4 is 5.97 Å². The van der Waals surface area contributed by atoms with Gasteiger partial charge in [-0.05, 0) is 31.9 Å². The van der Waals surface area contributed by atoms with E-state index in [4.69, 9.17) is 14.3 Å². The summed E-state index contributed by atoms with van der Waals surface area (Å²) in [4.78, 5) is 10.5. The average Bonchev–Trinajstić information content (AvgIpc) is 2.73. The van der Waals surface area contributed by atoms with E-state index in [9.17, 15) is 9.90 Å². The van der Waals surface area contributed by atoms with E-state index >= 15 is 0 Å². The molecule has 0 amide bonds. The summed E-state index contributed by atoms with van der Waals surface area (Å²) in [5.41, 5.74) is 0. The second-order valence-electron chi connectivity index (χ2n) is 3.36. The lowest BCUT2D eigenvalue weighted by atomic mass is 10.1. The maximum absolute atomic E-state index is 10.5. The first-order chi connectivity index (χ1) is 7.65. The molecule has 0 fully saturated rings. The van der Waals surface area contributed by atoms with Gasteiger partial charge in [0.15, 0.2) is 0 Å². The summed E-state index contributed by atoms with van der Waals surface area (Å²) >= 11 is 0. The van der Waals surface area contributed by atoms with Gasteiger partial charge in [0, 0.05) is 13.2 Å². The molecule has 1 heterocycles. The molecular formula is C11H16O5. The van der Waals surface area contributed by atoms with E-state index in [-0.39, 0.29) is 11.5 Å². The van der Waals surface area contributed by atoms with Gasteiger partial charge in [0.1, 0.15) is 11.9 Å². The Labute approximate surface area is 93.6 Å². The Morgan fingerprint density at radius 3 is 2.88 bits per heavy atom. The van der Waals surface area contributed by atoms with Crippen LogP contribution in [0.5, 0.6) is 0 Å². The Hall–Kier alpha value is -1.33. The lowest BCUT2D eigenvalue weighted by molar-refractivity contribution is 0.0645. The molecule has 1 rings (SSSR count). The van der Waals surface area contributed by atoms with Gasteiger partial charge in [0.25, 0.3) is 0 Å². The molecule has 2 N–H and O–H groups in total. The summed E-state index contributed by atoms with van der Waals surface area (Å²) in [5, 5.41) is 18.3. The molecule has 0 aliphatic rings. The van der Waals surface area contributed by atoms with Gasteiger partial charge in [-0.1, -0.05) is 0 Å². The van der Waals surface area contributed by atoms with Crippen LogP contribution in [-0.4, -0.2) is 29.4 Å². The topological polar surface area (TPSA) is 79.9 Å². The third-order valence-electron chi connectivity index (χ3n) is 2.14.